The summed E-state index contributed by atoms with van der Waals surface area (Å²) in [6.45, 7) is 1.98. The van der Waals surface area contributed by atoms with E-state index in [-0.39, 0.29) is 12.1 Å². The van der Waals surface area contributed by atoms with E-state index in [1.807, 2.05) is 24.9 Å². The van der Waals surface area contributed by atoms with Crippen LogP contribution in [0.15, 0.2) is 61.3 Å². The van der Waals surface area contributed by atoms with Crippen LogP contribution >= 0.6 is 0 Å². The van der Waals surface area contributed by atoms with Crippen LogP contribution < -0.4 is 4.90 Å². The highest BCUT2D eigenvalue weighted by Gasteiger charge is 2.33. The van der Waals surface area contributed by atoms with Crippen molar-refractivity contribution in [2.24, 2.45) is 5.92 Å². The number of pyridine rings is 1. The second-order valence-electron chi connectivity index (χ2n) is 7.62. The first kappa shape index (κ1) is 16.5. The van der Waals surface area contributed by atoms with E-state index in [4.69, 9.17) is 0 Å². The highest BCUT2D eigenvalue weighted by molar-refractivity contribution is 5.68. The number of benzene rings is 1. The zero-order valence-corrected chi connectivity index (χ0v) is 15.3. The van der Waals surface area contributed by atoms with Crippen LogP contribution in [0.3, 0.4) is 0 Å². The third-order valence-corrected chi connectivity index (χ3v) is 6.17. The van der Waals surface area contributed by atoms with Gasteiger partial charge in [-0.3, -0.25) is 4.98 Å². The lowest BCUT2D eigenvalue weighted by Gasteiger charge is -2.36. The number of aromatic nitrogens is 3. The van der Waals surface area contributed by atoms with Crippen LogP contribution in [0.5, 0.6) is 0 Å². The van der Waals surface area contributed by atoms with Crippen molar-refractivity contribution in [3.8, 4) is 11.3 Å². The van der Waals surface area contributed by atoms with Crippen molar-refractivity contribution in [1.29, 1.82) is 0 Å². The molecule has 2 unspecified atom stereocenters. The monoisotopic (exact) mass is 360 g/mol. The summed E-state index contributed by atoms with van der Waals surface area (Å²) < 4.78 is 2.22. The number of rotatable bonds is 4. The third kappa shape index (κ3) is 2.92. The molecule has 1 N–H and O–H groups in total. The molecule has 1 aromatic carbocycles. The van der Waals surface area contributed by atoms with Gasteiger partial charge in [0.05, 0.1) is 30.4 Å². The van der Waals surface area contributed by atoms with Gasteiger partial charge in [-0.05, 0) is 42.9 Å². The molecule has 0 aliphatic carbocycles. The minimum atomic E-state index is -0.295. The highest BCUT2D eigenvalue weighted by Crippen LogP contribution is 2.42. The van der Waals surface area contributed by atoms with Gasteiger partial charge in [0.25, 0.3) is 0 Å². The van der Waals surface area contributed by atoms with Gasteiger partial charge in [-0.1, -0.05) is 24.3 Å². The largest absolute Gasteiger partial charge is 0.393 e. The Labute approximate surface area is 159 Å². The van der Waals surface area contributed by atoms with Crippen LogP contribution in [0.1, 0.15) is 30.9 Å². The van der Waals surface area contributed by atoms with E-state index in [1.54, 1.807) is 0 Å². The number of hydrogen-bond donors (Lipinski definition) is 1. The fraction of sp³-hybridized carbons (Fsp3) is 0.364. The van der Waals surface area contributed by atoms with E-state index in [2.05, 4.69) is 55.8 Å². The third-order valence-electron chi connectivity index (χ3n) is 6.17. The van der Waals surface area contributed by atoms with Crippen molar-refractivity contribution in [1.82, 2.24) is 14.5 Å². The molecule has 5 rings (SSSR count). The number of piperidine rings is 1. The Morgan fingerprint density at radius 3 is 2.63 bits per heavy atom. The zero-order valence-electron chi connectivity index (χ0n) is 15.3. The molecule has 2 aromatic heterocycles. The molecule has 2 aliphatic rings. The van der Waals surface area contributed by atoms with Gasteiger partial charge in [0.2, 0.25) is 0 Å². The molecule has 27 heavy (non-hydrogen) atoms. The van der Waals surface area contributed by atoms with E-state index < -0.39 is 0 Å². The van der Waals surface area contributed by atoms with Crippen molar-refractivity contribution in [3.05, 3.63) is 66.9 Å². The number of anilines is 1. The predicted molar refractivity (Wildman–Crippen MR) is 106 cm³/mol. The molecule has 4 heterocycles. The van der Waals surface area contributed by atoms with Gasteiger partial charge in [-0.15, -0.1) is 0 Å². The van der Waals surface area contributed by atoms with Gasteiger partial charge >= 0.3 is 0 Å². The summed E-state index contributed by atoms with van der Waals surface area (Å²) in [5, 5.41) is 11.0. The molecule has 0 amide bonds. The smallest absolute Gasteiger partial charge is 0.0956 e. The Morgan fingerprint density at radius 2 is 1.81 bits per heavy atom. The van der Waals surface area contributed by atoms with E-state index in [0.717, 1.165) is 38.0 Å². The average Bonchev–Trinajstić information content (AvgIpc) is 3.32. The minimum Gasteiger partial charge on any atom is -0.393 e. The molecule has 1 fully saturated rings. The van der Waals surface area contributed by atoms with Gasteiger partial charge in [0.1, 0.15) is 0 Å². The average molecular weight is 360 g/mol. The van der Waals surface area contributed by atoms with Crippen LogP contribution in [-0.4, -0.2) is 38.8 Å². The Kier molecular flexibility index (Phi) is 4.17. The summed E-state index contributed by atoms with van der Waals surface area (Å²) in [5.74, 6) is 0.350. The summed E-state index contributed by atoms with van der Waals surface area (Å²) in [6.07, 6.45) is 10.0. The quantitative estimate of drug-likeness (QED) is 0.773. The second-order valence-corrected chi connectivity index (χ2v) is 7.62. The van der Waals surface area contributed by atoms with Gasteiger partial charge < -0.3 is 14.6 Å². The first-order valence-corrected chi connectivity index (χ1v) is 9.75. The Bertz CT molecular complexity index is 915. The summed E-state index contributed by atoms with van der Waals surface area (Å²) in [4.78, 5) is 10.8. The summed E-state index contributed by atoms with van der Waals surface area (Å²) in [6, 6.07) is 12.8. The van der Waals surface area contributed by atoms with Gasteiger partial charge in [0.15, 0.2) is 0 Å². The summed E-state index contributed by atoms with van der Waals surface area (Å²) in [7, 11) is 0. The molecule has 2 atom stereocenters. The lowest BCUT2D eigenvalue weighted by Crippen LogP contribution is -2.38. The van der Waals surface area contributed by atoms with Gasteiger partial charge in [0, 0.05) is 36.7 Å². The van der Waals surface area contributed by atoms with Gasteiger partial charge in [-0.2, -0.15) is 0 Å². The van der Waals surface area contributed by atoms with E-state index in [1.165, 1.54) is 16.8 Å². The van der Waals surface area contributed by atoms with Crippen molar-refractivity contribution in [3.63, 3.8) is 0 Å². The molecule has 138 valence electrons. The lowest BCUT2D eigenvalue weighted by atomic mass is 9.86. The van der Waals surface area contributed by atoms with Crippen molar-refractivity contribution < 1.29 is 5.11 Å². The Balaban J connectivity index is 1.28. The highest BCUT2D eigenvalue weighted by atomic mass is 16.3. The standard InChI is InChI=1S/C22H24N4O/c27-22(16-7-11-25(12-8-16)17-5-9-23-10-6-17)13-20-18-3-1-2-4-19(18)21-14-24-15-26(20)21/h1-6,9-10,14-16,20,22,27H,7-8,11-13H2. The van der Waals surface area contributed by atoms with Crippen molar-refractivity contribution >= 4 is 5.69 Å². The summed E-state index contributed by atoms with van der Waals surface area (Å²) in [5.41, 5.74) is 4.95. The maximum Gasteiger partial charge on any atom is 0.0956 e. The maximum atomic E-state index is 11.0. The number of nitrogens with zero attached hydrogens (tertiary/aromatic N) is 4. The van der Waals surface area contributed by atoms with Crippen molar-refractivity contribution in [2.75, 3.05) is 18.0 Å². The molecule has 5 heteroatoms. The topological polar surface area (TPSA) is 54.2 Å². The van der Waals surface area contributed by atoms with Crippen LogP contribution in [0.2, 0.25) is 0 Å². The van der Waals surface area contributed by atoms with E-state index in [9.17, 15) is 5.11 Å². The zero-order chi connectivity index (χ0) is 18.2. The minimum absolute atomic E-state index is 0.187. The maximum absolute atomic E-state index is 11.0. The number of fused-ring (bicyclic) bond motifs is 3. The first-order valence-electron chi connectivity index (χ1n) is 9.75. The van der Waals surface area contributed by atoms with Crippen molar-refractivity contribution in [2.45, 2.75) is 31.4 Å². The Hall–Kier alpha value is -2.66. The molecule has 3 aromatic rings. The van der Waals surface area contributed by atoms with E-state index in [0.29, 0.717) is 5.92 Å². The van der Waals surface area contributed by atoms with Gasteiger partial charge in [-0.25, -0.2) is 4.98 Å². The molecule has 1 saturated heterocycles. The number of imidazole rings is 1. The van der Waals surface area contributed by atoms with E-state index >= 15 is 0 Å². The molecule has 0 radical (unpaired) electrons. The normalized spacial score (nSPS) is 20.3. The molecular formula is C22H24N4O. The molecule has 2 aliphatic heterocycles. The fourth-order valence-electron chi connectivity index (χ4n) is 4.69. The number of hydrogen-bond acceptors (Lipinski definition) is 4. The van der Waals surface area contributed by atoms with Crippen LogP contribution in [0, 0.1) is 5.92 Å². The molecule has 5 nitrogen and oxygen atoms in total. The Morgan fingerprint density at radius 1 is 1.04 bits per heavy atom. The molecular weight excluding hydrogens is 336 g/mol. The molecule has 0 saturated carbocycles. The summed E-state index contributed by atoms with van der Waals surface area (Å²) >= 11 is 0. The molecule has 0 spiro atoms. The van der Waals surface area contributed by atoms with Crippen LogP contribution in [0.25, 0.3) is 11.3 Å². The number of aliphatic hydroxyl groups excluding tert-OH is 1. The lowest BCUT2D eigenvalue weighted by molar-refractivity contribution is 0.0757. The van der Waals surface area contributed by atoms with Crippen LogP contribution in [0.4, 0.5) is 5.69 Å². The second kappa shape index (κ2) is 6.82. The molecule has 0 bridgehead atoms. The van der Waals surface area contributed by atoms with Crippen LogP contribution in [-0.2, 0) is 0 Å². The first-order chi connectivity index (χ1) is 13.3. The SMILES string of the molecule is OC(CC1c2ccccc2-c2cncn21)C1CCN(c2ccncc2)CC1. The number of aliphatic hydroxyl groups is 1. The predicted octanol–water partition coefficient (Wildman–Crippen LogP) is 3.52. The fourth-order valence-corrected chi connectivity index (χ4v) is 4.69.